The highest BCUT2D eigenvalue weighted by atomic mass is 127. The molecule has 1 aromatic heterocycles. The maximum atomic E-state index is 12.5. The number of hydrogen-bond donors (Lipinski definition) is 1. The summed E-state index contributed by atoms with van der Waals surface area (Å²) in [7, 11) is 0. The lowest BCUT2D eigenvalue weighted by Gasteiger charge is -2.12. The first-order chi connectivity index (χ1) is 13.9. The summed E-state index contributed by atoms with van der Waals surface area (Å²) in [5.74, 6) is 0.873. The fourth-order valence-corrected chi connectivity index (χ4v) is 4.72. The first kappa shape index (κ1) is 21.9. The molecule has 3 rings (SSSR count). The van der Waals surface area contributed by atoms with Crippen molar-refractivity contribution in [3.63, 3.8) is 0 Å². The predicted octanol–water partition coefficient (Wildman–Crippen LogP) is 5.74. The van der Waals surface area contributed by atoms with Crippen LogP contribution in [-0.4, -0.2) is 26.4 Å². The van der Waals surface area contributed by atoms with E-state index in [-0.39, 0.29) is 11.7 Å². The second kappa shape index (κ2) is 9.77. The molecule has 1 N–H and O–H groups in total. The number of aryl methyl sites for hydroxylation is 2. The summed E-state index contributed by atoms with van der Waals surface area (Å²) in [5.41, 5.74) is 3.87. The van der Waals surface area contributed by atoms with E-state index in [1.54, 1.807) is 6.08 Å². The summed E-state index contributed by atoms with van der Waals surface area (Å²) < 4.78 is 3.09. The highest BCUT2D eigenvalue weighted by molar-refractivity contribution is 14.1. The van der Waals surface area contributed by atoms with Crippen molar-refractivity contribution in [2.75, 3.05) is 11.1 Å². The summed E-state index contributed by atoms with van der Waals surface area (Å²) in [6.07, 6.45) is 1.78. The molecule has 0 aliphatic heterocycles. The van der Waals surface area contributed by atoms with Crippen LogP contribution < -0.4 is 5.32 Å². The minimum atomic E-state index is -0.0800. The largest absolute Gasteiger partial charge is 0.325 e. The van der Waals surface area contributed by atoms with Gasteiger partial charge in [-0.3, -0.25) is 9.36 Å². The molecule has 3 aromatic rings. The van der Waals surface area contributed by atoms with Crippen LogP contribution in [-0.2, 0) is 11.3 Å². The molecule has 0 bridgehead atoms. The molecule has 2 aromatic carbocycles. The van der Waals surface area contributed by atoms with Crippen molar-refractivity contribution in [1.82, 2.24) is 14.8 Å². The van der Waals surface area contributed by atoms with Crippen LogP contribution in [0.15, 0.2) is 54.2 Å². The molecular weight excluding hydrogens is 519 g/mol. The highest BCUT2D eigenvalue weighted by Gasteiger charge is 2.16. The van der Waals surface area contributed by atoms with Gasteiger partial charge in [0.25, 0.3) is 0 Å². The maximum absolute atomic E-state index is 12.5. The highest BCUT2D eigenvalue weighted by Crippen LogP contribution is 2.27. The number of anilines is 1. The molecule has 0 fully saturated rings. The molecule has 5 nitrogen and oxygen atoms in total. The van der Waals surface area contributed by atoms with Crippen LogP contribution in [0.2, 0.25) is 5.02 Å². The third-order valence-electron chi connectivity index (χ3n) is 4.23. The monoisotopic (exact) mass is 538 g/mol. The van der Waals surface area contributed by atoms with Crippen LogP contribution in [0, 0.1) is 17.4 Å². The molecule has 0 saturated heterocycles. The number of aromatic nitrogens is 3. The molecule has 0 saturated carbocycles. The molecular formula is C21H20ClIN4OS. The van der Waals surface area contributed by atoms with Crippen molar-refractivity contribution in [3.05, 3.63) is 68.8 Å². The molecule has 0 spiro atoms. The van der Waals surface area contributed by atoms with Crippen molar-refractivity contribution in [2.24, 2.45) is 0 Å². The Bertz CT molecular complexity index is 1030. The Hall–Kier alpha value is -1.84. The van der Waals surface area contributed by atoms with Crippen LogP contribution >= 0.6 is 46.0 Å². The van der Waals surface area contributed by atoms with E-state index < -0.39 is 0 Å². The number of rotatable bonds is 7. The topological polar surface area (TPSA) is 59.8 Å². The van der Waals surface area contributed by atoms with Crippen LogP contribution in [0.25, 0.3) is 11.4 Å². The number of nitrogens with zero attached hydrogens (tertiary/aromatic N) is 3. The van der Waals surface area contributed by atoms with Gasteiger partial charge in [0.2, 0.25) is 5.91 Å². The lowest BCUT2D eigenvalue weighted by atomic mass is 10.1. The molecule has 29 heavy (non-hydrogen) atoms. The van der Waals surface area contributed by atoms with E-state index in [9.17, 15) is 4.79 Å². The molecule has 0 aliphatic carbocycles. The molecule has 1 amide bonds. The number of carbonyl (C=O) groups is 1. The van der Waals surface area contributed by atoms with Gasteiger partial charge < -0.3 is 5.32 Å². The smallest absolute Gasteiger partial charge is 0.234 e. The van der Waals surface area contributed by atoms with Gasteiger partial charge in [0.05, 0.1) is 5.75 Å². The number of carbonyl (C=O) groups excluding carboxylic acids is 1. The van der Waals surface area contributed by atoms with Crippen LogP contribution in [0.4, 0.5) is 5.69 Å². The third-order valence-corrected chi connectivity index (χ3v) is 6.07. The number of nitrogens with one attached hydrogen (secondary N) is 1. The van der Waals surface area contributed by atoms with E-state index in [1.807, 2.05) is 42.7 Å². The van der Waals surface area contributed by atoms with Crippen molar-refractivity contribution < 1.29 is 4.79 Å². The SMILES string of the molecule is C=CCn1c(SCC(=O)Nc2c(C)cc(I)cc2C)nnc1-c1ccc(Cl)cc1. The van der Waals surface area contributed by atoms with Gasteiger partial charge >= 0.3 is 0 Å². The minimum Gasteiger partial charge on any atom is -0.325 e. The molecule has 8 heteroatoms. The minimum absolute atomic E-state index is 0.0800. The van der Waals surface area contributed by atoms with Gasteiger partial charge in [0.1, 0.15) is 0 Å². The standard InChI is InChI=1S/C21H20ClIN4OS/c1-4-9-27-20(15-5-7-16(22)8-6-15)25-26-21(27)29-12-18(28)24-19-13(2)10-17(23)11-14(19)3/h4-8,10-11H,1,9,12H2,2-3H3,(H,24,28). The molecule has 1 heterocycles. The molecule has 0 unspecified atom stereocenters. The van der Waals surface area contributed by atoms with E-state index >= 15 is 0 Å². The number of thioether (sulfide) groups is 1. The van der Waals surface area contributed by atoms with Crippen molar-refractivity contribution in [3.8, 4) is 11.4 Å². The van der Waals surface area contributed by atoms with Gasteiger partial charge in [0.15, 0.2) is 11.0 Å². The first-order valence-corrected chi connectivity index (χ1v) is 11.3. The van der Waals surface area contributed by atoms with Crippen LogP contribution in [0.5, 0.6) is 0 Å². The average Bonchev–Trinajstić information content (AvgIpc) is 3.06. The Labute approximate surface area is 193 Å². The number of halogens is 2. The maximum Gasteiger partial charge on any atom is 0.234 e. The summed E-state index contributed by atoms with van der Waals surface area (Å²) >= 11 is 9.60. The van der Waals surface area contributed by atoms with E-state index in [1.165, 1.54) is 11.8 Å². The normalized spacial score (nSPS) is 10.8. The van der Waals surface area contributed by atoms with Crippen molar-refractivity contribution in [1.29, 1.82) is 0 Å². The van der Waals surface area contributed by atoms with Crippen LogP contribution in [0.1, 0.15) is 11.1 Å². The lowest BCUT2D eigenvalue weighted by molar-refractivity contribution is -0.113. The Kier molecular flexibility index (Phi) is 7.37. The van der Waals surface area contributed by atoms with Crippen molar-refractivity contribution in [2.45, 2.75) is 25.5 Å². The lowest BCUT2D eigenvalue weighted by Crippen LogP contribution is -2.16. The van der Waals surface area contributed by atoms with Gasteiger partial charge in [0, 0.05) is 26.4 Å². The summed E-state index contributed by atoms with van der Waals surface area (Å²) in [5, 5.41) is 12.9. The second-order valence-electron chi connectivity index (χ2n) is 6.46. The van der Waals surface area contributed by atoms with E-state index in [4.69, 9.17) is 11.6 Å². The zero-order chi connectivity index (χ0) is 21.0. The third kappa shape index (κ3) is 5.40. The zero-order valence-electron chi connectivity index (χ0n) is 16.1. The molecule has 0 radical (unpaired) electrons. The van der Waals surface area contributed by atoms with E-state index in [2.05, 4.69) is 56.8 Å². The van der Waals surface area contributed by atoms with E-state index in [0.29, 0.717) is 22.5 Å². The van der Waals surface area contributed by atoms with Gasteiger partial charge in [-0.15, -0.1) is 16.8 Å². The van der Waals surface area contributed by atoms with Gasteiger partial charge in [-0.25, -0.2) is 0 Å². The fourth-order valence-electron chi connectivity index (χ4n) is 2.92. The van der Waals surface area contributed by atoms with Gasteiger partial charge in [-0.1, -0.05) is 29.4 Å². The summed E-state index contributed by atoms with van der Waals surface area (Å²) in [4.78, 5) is 12.5. The molecule has 0 atom stereocenters. The number of allylic oxidation sites excluding steroid dienone is 1. The number of hydrogen-bond acceptors (Lipinski definition) is 4. The number of amides is 1. The Morgan fingerprint density at radius 3 is 2.52 bits per heavy atom. The summed E-state index contributed by atoms with van der Waals surface area (Å²) in [6.45, 7) is 8.36. The Balaban J connectivity index is 1.74. The Morgan fingerprint density at radius 2 is 1.90 bits per heavy atom. The molecule has 150 valence electrons. The first-order valence-electron chi connectivity index (χ1n) is 8.88. The fraction of sp³-hybridized carbons (Fsp3) is 0.190. The van der Waals surface area contributed by atoms with Crippen molar-refractivity contribution >= 4 is 57.5 Å². The van der Waals surface area contributed by atoms with E-state index in [0.717, 1.165) is 25.9 Å². The van der Waals surface area contributed by atoms with Gasteiger partial charge in [-0.2, -0.15) is 0 Å². The molecule has 0 aliphatic rings. The summed E-state index contributed by atoms with van der Waals surface area (Å²) in [6, 6.07) is 11.5. The second-order valence-corrected chi connectivity index (χ2v) is 9.09. The number of benzene rings is 2. The average molecular weight is 539 g/mol. The predicted molar refractivity (Wildman–Crippen MR) is 129 cm³/mol. The van der Waals surface area contributed by atoms with Gasteiger partial charge in [-0.05, 0) is 84.0 Å². The van der Waals surface area contributed by atoms with Crippen LogP contribution in [0.3, 0.4) is 0 Å². The zero-order valence-corrected chi connectivity index (χ0v) is 19.8. The Morgan fingerprint density at radius 1 is 1.24 bits per heavy atom. The quantitative estimate of drug-likeness (QED) is 0.237.